The summed E-state index contributed by atoms with van der Waals surface area (Å²) in [6.45, 7) is 4.08. The van der Waals surface area contributed by atoms with E-state index < -0.39 is 0 Å². The van der Waals surface area contributed by atoms with E-state index in [1.807, 2.05) is 0 Å². The summed E-state index contributed by atoms with van der Waals surface area (Å²) in [5.74, 6) is 0. The molecule has 0 atom stereocenters. The molecule has 0 bridgehead atoms. The van der Waals surface area contributed by atoms with E-state index in [2.05, 4.69) is 19.6 Å². The van der Waals surface area contributed by atoms with Crippen molar-refractivity contribution in [2.75, 3.05) is 26.3 Å². The van der Waals surface area contributed by atoms with Gasteiger partial charge in [-0.15, -0.1) is 0 Å². The van der Waals surface area contributed by atoms with Crippen LogP contribution in [-0.2, 0) is 4.74 Å². The number of unbranched alkanes of at least 4 members (excludes halogenated alkanes) is 1. The summed E-state index contributed by atoms with van der Waals surface area (Å²) >= 11 is 4.59. The number of likely N-dealkylation sites (tertiary alicyclic amines) is 1. The smallest absolute Gasteiger partial charge is 0.409 e. The normalized spacial score (nSPS) is 19.1. The van der Waals surface area contributed by atoms with Crippen molar-refractivity contribution in [3.63, 3.8) is 0 Å². The van der Waals surface area contributed by atoms with Gasteiger partial charge >= 0.3 is 6.09 Å². The average Bonchev–Trinajstić information content (AvgIpc) is 2.30. The third kappa shape index (κ3) is 4.76. The molecule has 5 heteroatoms. The molecule has 0 aromatic heterocycles. The first-order valence-corrected chi connectivity index (χ1v) is 6.81. The molecule has 1 heterocycles. The number of ether oxygens (including phenoxy) is 1. The number of amides is 1. The number of thiol groups is 1. The number of carbonyl (C=O) groups is 1. The number of nitrogens with zero attached hydrogens (tertiary/aromatic N) is 1. The van der Waals surface area contributed by atoms with Gasteiger partial charge in [-0.3, -0.25) is 0 Å². The summed E-state index contributed by atoms with van der Waals surface area (Å²) in [5, 5.41) is 8.95. The lowest BCUT2D eigenvalue weighted by molar-refractivity contribution is 0.0877. The van der Waals surface area contributed by atoms with Crippen molar-refractivity contribution in [3.05, 3.63) is 0 Å². The van der Waals surface area contributed by atoms with Gasteiger partial charge in [-0.25, -0.2) is 4.79 Å². The van der Waals surface area contributed by atoms with Crippen LogP contribution >= 0.6 is 12.6 Å². The maximum Gasteiger partial charge on any atom is 0.409 e. The van der Waals surface area contributed by atoms with Gasteiger partial charge in [0.15, 0.2) is 0 Å². The van der Waals surface area contributed by atoms with Gasteiger partial charge in [0.1, 0.15) is 0 Å². The lowest BCUT2D eigenvalue weighted by atomic mass is 9.93. The minimum absolute atomic E-state index is 0.116. The second kappa shape index (κ2) is 7.11. The Hall–Kier alpha value is -0.420. The Balaban J connectivity index is 2.28. The summed E-state index contributed by atoms with van der Waals surface area (Å²) < 4.78 is 5.05. The molecule has 1 saturated heterocycles. The fourth-order valence-electron chi connectivity index (χ4n) is 1.96. The van der Waals surface area contributed by atoms with Crippen LogP contribution in [0, 0.1) is 0 Å². The number of aliphatic hydroxyl groups is 1. The predicted molar refractivity (Wildman–Crippen MR) is 70.5 cm³/mol. The zero-order valence-corrected chi connectivity index (χ0v) is 11.4. The van der Waals surface area contributed by atoms with Gasteiger partial charge < -0.3 is 14.7 Å². The van der Waals surface area contributed by atoms with Crippen molar-refractivity contribution >= 4 is 18.7 Å². The molecule has 0 radical (unpaired) electrons. The van der Waals surface area contributed by atoms with E-state index in [9.17, 15) is 4.79 Å². The largest absolute Gasteiger partial charge is 0.449 e. The Labute approximate surface area is 109 Å². The van der Waals surface area contributed by atoms with E-state index in [-0.39, 0.29) is 17.4 Å². The molecule has 1 rings (SSSR count). The van der Waals surface area contributed by atoms with Crippen LogP contribution in [0.4, 0.5) is 4.79 Å². The van der Waals surface area contributed by atoms with Gasteiger partial charge in [0.2, 0.25) is 0 Å². The standard InChI is InChI=1S/C12H23NO3S/c1-2-3-10-16-11(15)13-7-4-12(17,5-8-13)6-9-14/h14,17H,2-10H2,1H3. The van der Waals surface area contributed by atoms with Crippen molar-refractivity contribution in [2.24, 2.45) is 0 Å². The maximum atomic E-state index is 11.7. The minimum Gasteiger partial charge on any atom is -0.449 e. The van der Waals surface area contributed by atoms with Crippen LogP contribution in [0.3, 0.4) is 0 Å². The molecule has 0 unspecified atom stereocenters. The highest BCUT2D eigenvalue weighted by atomic mass is 32.1. The zero-order chi connectivity index (χ0) is 12.7. The van der Waals surface area contributed by atoms with Crippen LogP contribution in [0.25, 0.3) is 0 Å². The Kier molecular flexibility index (Phi) is 6.12. The van der Waals surface area contributed by atoms with E-state index in [1.54, 1.807) is 4.90 Å². The quantitative estimate of drug-likeness (QED) is 0.588. The Morgan fingerprint density at radius 1 is 1.47 bits per heavy atom. The highest BCUT2D eigenvalue weighted by molar-refractivity contribution is 7.81. The highest BCUT2D eigenvalue weighted by Crippen LogP contribution is 2.31. The third-order valence-corrected chi connectivity index (χ3v) is 3.92. The number of aliphatic hydroxyl groups excluding tert-OH is 1. The highest BCUT2D eigenvalue weighted by Gasteiger charge is 2.32. The molecular formula is C12H23NO3S. The van der Waals surface area contributed by atoms with Crippen molar-refractivity contribution in [2.45, 2.75) is 43.8 Å². The minimum atomic E-state index is -0.210. The van der Waals surface area contributed by atoms with Gasteiger partial charge in [0.25, 0.3) is 0 Å². The lowest BCUT2D eigenvalue weighted by Crippen LogP contribution is -2.44. The molecule has 1 fully saturated rings. The molecule has 100 valence electrons. The van der Waals surface area contributed by atoms with Gasteiger partial charge in [0, 0.05) is 24.4 Å². The molecule has 4 nitrogen and oxygen atoms in total. The van der Waals surface area contributed by atoms with Crippen LogP contribution in [0.5, 0.6) is 0 Å². The zero-order valence-electron chi connectivity index (χ0n) is 10.5. The first-order chi connectivity index (χ1) is 8.11. The topological polar surface area (TPSA) is 49.8 Å². The van der Waals surface area contributed by atoms with Crippen LogP contribution in [0.1, 0.15) is 39.0 Å². The monoisotopic (exact) mass is 261 g/mol. The summed E-state index contributed by atoms with van der Waals surface area (Å²) in [4.78, 5) is 13.4. The molecule has 0 aromatic rings. The van der Waals surface area contributed by atoms with E-state index in [0.717, 1.165) is 25.7 Å². The molecular weight excluding hydrogens is 238 g/mol. The number of carbonyl (C=O) groups excluding carboxylic acids is 1. The van der Waals surface area contributed by atoms with Crippen molar-refractivity contribution in [3.8, 4) is 0 Å². The van der Waals surface area contributed by atoms with E-state index in [4.69, 9.17) is 9.84 Å². The Morgan fingerprint density at radius 2 is 2.12 bits per heavy atom. The van der Waals surface area contributed by atoms with Crippen molar-refractivity contribution in [1.29, 1.82) is 0 Å². The molecule has 0 aliphatic carbocycles. The number of piperidine rings is 1. The molecule has 1 aliphatic rings. The molecule has 1 aliphatic heterocycles. The predicted octanol–water partition coefficient (Wildman–Crippen LogP) is 2.07. The van der Waals surface area contributed by atoms with Crippen LogP contribution in [0.15, 0.2) is 0 Å². The average molecular weight is 261 g/mol. The van der Waals surface area contributed by atoms with Crippen LogP contribution < -0.4 is 0 Å². The van der Waals surface area contributed by atoms with Gasteiger partial charge in [-0.05, 0) is 25.7 Å². The van der Waals surface area contributed by atoms with Crippen molar-refractivity contribution in [1.82, 2.24) is 4.90 Å². The van der Waals surface area contributed by atoms with Crippen LogP contribution in [0.2, 0.25) is 0 Å². The maximum absolute atomic E-state index is 11.7. The van der Waals surface area contributed by atoms with Crippen LogP contribution in [-0.4, -0.2) is 47.1 Å². The summed E-state index contributed by atoms with van der Waals surface area (Å²) in [6.07, 6.45) is 4.07. The second-order valence-electron chi connectivity index (χ2n) is 4.65. The summed E-state index contributed by atoms with van der Waals surface area (Å²) in [7, 11) is 0. The number of rotatable bonds is 5. The van der Waals surface area contributed by atoms with Crippen molar-refractivity contribution < 1.29 is 14.6 Å². The number of hydrogen-bond acceptors (Lipinski definition) is 4. The fraction of sp³-hybridized carbons (Fsp3) is 0.917. The second-order valence-corrected chi connectivity index (χ2v) is 5.60. The van der Waals surface area contributed by atoms with Gasteiger partial charge in [-0.2, -0.15) is 12.6 Å². The van der Waals surface area contributed by atoms with E-state index in [1.165, 1.54) is 0 Å². The fourth-order valence-corrected chi connectivity index (χ4v) is 2.26. The Bertz CT molecular complexity index is 240. The molecule has 0 saturated carbocycles. The lowest BCUT2D eigenvalue weighted by Gasteiger charge is -2.37. The summed E-state index contributed by atoms with van der Waals surface area (Å²) in [5.41, 5.74) is 0. The first-order valence-electron chi connectivity index (χ1n) is 6.36. The molecule has 0 aromatic carbocycles. The molecule has 17 heavy (non-hydrogen) atoms. The van der Waals surface area contributed by atoms with Gasteiger partial charge in [-0.1, -0.05) is 13.3 Å². The van der Waals surface area contributed by atoms with Gasteiger partial charge in [0.05, 0.1) is 6.61 Å². The molecule has 0 spiro atoms. The third-order valence-electron chi connectivity index (χ3n) is 3.25. The Morgan fingerprint density at radius 3 is 2.65 bits per heavy atom. The first kappa shape index (κ1) is 14.6. The SMILES string of the molecule is CCCCOC(=O)N1CCC(S)(CCO)CC1. The molecule has 1 amide bonds. The summed E-state index contributed by atoms with van der Waals surface area (Å²) in [6, 6.07) is 0. The van der Waals surface area contributed by atoms with E-state index in [0.29, 0.717) is 26.1 Å². The van der Waals surface area contributed by atoms with E-state index >= 15 is 0 Å². The molecule has 1 N–H and O–H groups in total. The number of hydrogen-bond donors (Lipinski definition) is 2.